The summed E-state index contributed by atoms with van der Waals surface area (Å²) in [5, 5.41) is 11.0. The molecule has 1 amide bonds. The third-order valence-electron chi connectivity index (χ3n) is 3.81. The molecule has 1 aromatic heterocycles. The summed E-state index contributed by atoms with van der Waals surface area (Å²) in [6.07, 6.45) is 3.62. The molecule has 22 heavy (non-hydrogen) atoms. The van der Waals surface area contributed by atoms with Gasteiger partial charge in [-0.15, -0.1) is 0 Å². The summed E-state index contributed by atoms with van der Waals surface area (Å²) < 4.78 is 1.75. The topological polar surface area (TPSA) is 44.4 Å². The maximum atomic E-state index is 12.5. The molecule has 0 bridgehead atoms. The molecule has 0 unspecified atom stereocenters. The van der Waals surface area contributed by atoms with Crippen molar-refractivity contribution in [1.82, 2.24) is 5.06 Å². The Morgan fingerprint density at radius 2 is 1.55 bits per heavy atom. The quantitative estimate of drug-likeness (QED) is 0.591. The zero-order valence-corrected chi connectivity index (χ0v) is 13.2. The van der Waals surface area contributed by atoms with Crippen LogP contribution in [0, 0.1) is 0 Å². The number of benzene rings is 1. The van der Waals surface area contributed by atoms with Gasteiger partial charge in [-0.25, -0.2) is 5.06 Å². The van der Waals surface area contributed by atoms with Gasteiger partial charge in [-0.2, -0.15) is 4.57 Å². The van der Waals surface area contributed by atoms with Gasteiger partial charge in [0.2, 0.25) is 0 Å². The van der Waals surface area contributed by atoms with Crippen molar-refractivity contribution in [2.75, 3.05) is 0 Å². The van der Waals surface area contributed by atoms with E-state index in [1.54, 1.807) is 4.57 Å². The van der Waals surface area contributed by atoms with Gasteiger partial charge in [0.25, 0.3) is 5.70 Å². The number of aromatic nitrogens is 1. The molecular formula is C17H17ClN2O2. The molecule has 0 aliphatic carbocycles. The second-order valence-electron chi connectivity index (χ2n) is 5.55. The second-order valence-corrected chi connectivity index (χ2v) is 5.55. The third-order valence-corrected chi connectivity index (χ3v) is 3.81. The second kappa shape index (κ2) is 5.91. The normalized spacial score (nSPS) is 16.7. The van der Waals surface area contributed by atoms with Crippen LogP contribution in [-0.4, -0.2) is 21.7 Å². The number of nitrogens with zero attached hydrogens (tertiary/aromatic N) is 2. The Morgan fingerprint density at radius 3 is 2.14 bits per heavy atom. The highest BCUT2D eigenvalue weighted by Crippen LogP contribution is 2.40. The minimum absolute atomic E-state index is 0. The number of amides is 1. The van der Waals surface area contributed by atoms with Crippen LogP contribution >= 0.6 is 0 Å². The Bertz CT molecular complexity index is 712. The first kappa shape index (κ1) is 16.2. The molecule has 5 heteroatoms. The highest BCUT2D eigenvalue weighted by Gasteiger charge is 2.50. The van der Waals surface area contributed by atoms with Gasteiger partial charge in [0.15, 0.2) is 12.4 Å². The van der Waals surface area contributed by atoms with Gasteiger partial charge in [-0.1, -0.05) is 36.4 Å². The van der Waals surface area contributed by atoms with Crippen molar-refractivity contribution >= 4 is 17.2 Å². The fourth-order valence-corrected chi connectivity index (χ4v) is 2.74. The first-order valence-corrected chi connectivity index (χ1v) is 6.84. The monoisotopic (exact) mass is 316 g/mol. The first-order valence-electron chi connectivity index (χ1n) is 6.84. The number of halogens is 1. The molecule has 1 N–H and O–H groups in total. The summed E-state index contributed by atoms with van der Waals surface area (Å²) in [7, 11) is 0. The predicted molar refractivity (Wildman–Crippen MR) is 78.9 cm³/mol. The maximum Gasteiger partial charge on any atom is 0.343 e. The highest BCUT2D eigenvalue weighted by molar-refractivity contribution is 6.23. The Morgan fingerprint density at radius 1 is 1.00 bits per heavy atom. The maximum absolute atomic E-state index is 12.5. The van der Waals surface area contributed by atoms with Crippen molar-refractivity contribution in [1.29, 1.82) is 0 Å². The van der Waals surface area contributed by atoms with Crippen molar-refractivity contribution in [3.8, 4) is 0 Å². The molecule has 0 fully saturated rings. The van der Waals surface area contributed by atoms with Gasteiger partial charge in [-0.05, 0) is 19.4 Å². The SMILES string of the molecule is CC1(C)C(c2ccccc2)=C([n+]2ccccc2)C(=O)N1O.[Cl-]. The lowest BCUT2D eigenvalue weighted by Crippen LogP contribution is -3.00. The lowest BCUT2D eigenvalue weighted by atomic mass is 9.89. The molecule has 0 saturated carbocycles. The summed E-state index contributed by atoms with van der Waals surface area (Å²) in [4.78, 5) is 12.5. The molecule has 3 rings (SSSR count). The van der Waals surface area contributed by atoms with Crippen LogP contribution in [0.3, 0.4) is 0 Å². The van der Waals surface area contributed by atoms with E-state index in [0.717, 1.165) is 16.2 Å². The van der Waals surface area contributed by atoms with E-state index >= 15 is 0 Å². The lowest BCUT2D eigenvalue weighted by Gasteiger charge is -2.27. The Kier molecular flexibility index (Phi) is 4.35. The van der Waals surface area contributed by atoms with E-state index < -0.39 is 11.4 Å². The summed E-state index contributed by atoms with van der Waals surface area (Å²) in [6, 6.07) is 15.3. The standard InChI is InChI=1S/C17H17N2O2.ClH/c1-17(2)14(13-9-5-3-6-10-13)15(16(20)19(17)21)18-11-7-4-8-12-18;/h3-12,21H,1-2H3;1H/q+1;/p-1. The number of hydrogen-bond donors (Lipinski definition) is 1. The molecule has 114 valence electrons. The summed E-state index contributed by atoms with van der Waals surface area (Å²) in [5.41, 5.74) is 1.44. The van der Waals surface area contributed by atoms with Gasteiger partial charge in [0, 0.05) is 12.1 Å². The zero-order chi connectivity index (χ0) is 15.0. The van der Waals surface area contributed by atoms with Crippen molar-refractivity contribution < 1.29 is 27.0 Å². The van der Waals surface area contributed by atoms with Crippen LogP contribution in [0.15, 0.2) is 60.9 Å². The molecule has 0 spiro atoms. The molecule has 0 saturated heterocycles. The Balaban J connectivity index is 0.00000176. The zero-order valence-electron chi connectivity index (χ0n) is 12.4. The van der Waals surface area contributed by atoms with Crippen molar-refractivity contribution in [2.45, 2.75) is 19.4 Å². The van der Waals surface area contributed by atoms with E-state index in [1.807, 2.05) is 74.8 Å². The van der Waals surface area contributed by atoms with E-state index in [-0.39, 0.29) is 12.4 Å². The van der Waals surface area contributed by atoms with Gasteiger partial charge < -0.3 is 12.4 Å². The van der Waals surface area contributed by atoms with E-state index in [1.165, 1.54) is 0 Å². The number of rotatable bonds is 2. The molecule has 1 aromatic carbocycles. The molecule has 2 heterocycles. The third kappa shape index (κ3) is 2.40. The predicted octanol–water partition coefficient (Wildman–Crippen LogP) is -0.644. The molecule has 2 aromatic rings. The van der Waals surface area contributed by atoms with Crippen LogP contribution in [0.1, 0.15) is 19.4 Å². The minimum Gasteiger partial charge on any atom is -1.00 e. The van der Waals surface area contributed by atoms with Crippen LogP contribution < -0.4 is 17.0 Å². The van der Waals surface area contributed by atoms with Crippen LogP contribution in [0.2, 0.25) is 0 Å². The van der Waals surface area contributed by atoms with E-state index in [0.29, 0.717) is 5.70 Å². The van der Waals surface area contributed by atoms with Crippen molar-refractivity contribution in [2.24, 2.45) is 0 Å². The van der Waals surface area contributed by atoms with Gasteiger partial charge in [0.05, 0.1) is 11.1 Å². The number of hydrogen-bond acceptors (Lipinski definition) is 2. The highest BCUT2D eigenvalue weighted by atomic mass is 35.5. The fraction of sp³-hybridized carbons (Fsp3) is 0.176. The average Bonchev–Trinajstić information content (AvgIpc) is 2.69. The van der Waals surface area contributed by atoms with Gasteiger partial charge in [0.1, 0.15) is 0 Å². The Labute approximate surface area is 135 Å². The minimum atomic E-state index is -0.781. The number of carbonyl (C=O) groups is 1. The summed E-state index contributed by atoms with van der Waals surface area (Å²) in [6.45, 7) is 3.67. The van der Waals surface area contributed by atoms with Crippen LogP contribution in [0.5, 0.6) is 0 Å². The number of carbonyl (C=O) groups excluding carboxylic acids is 1. The molecule has 1 aliphatic rings. The molecule has 1 aliphatic heterocycles. The average molecular weight is 317 g/mol. The molecule has 0 atom stereocenters. The van der Waals surface area contributed by atoms with Gasteiger partial charge in [-0.3, -0.25) is 10.0 Å². The molecule has 4 nitrogen and oxygen atoms in total. The number of hydroxylamine groups is 2. The van der Waals surface area contributed by atoms with Crippen LogP contribution in [0.4, 0.5) is 0 Å². The van der Waals surface area contributed by atoms with Gasteiger partial charge >= 0.3 is 5.91 Å². The Hall–Kier alpha value is -2.17. The largest absolute Gasteiger partial charge is 1.00 e. The van der Waals surface area contributed by atoms with Crippen LogP contribution in [0.25, 0.3) is 11.3 Å². The fourth-order valence-electron chi connectivity index (χ4n) is 2.74. The van der Waals surface area contributed by atoms with Crippen molar-refractivity contribution in [3.05, 3.63) is 66.5 Å². The van der Waals surface area contributed by atoms with E-state index in [2.05, 4.69) is 0 Å². The van der Waals surface area contributed by atoms with E-state index in [9.17, 15) is 10.0 Å². The molecular weight excluding hydrogens is 300 g/mol. The first-order chi connectivity index (χ1) is 10.0. The summed E-state index contributed by atoms with van der Waals surface area (Å²) in [5.74, 6) is -0.393. The number of pyridine rings is 1. The molecule has 0 radical (unpaired) electrons. The lowest BCUT2D eigenvalue weighted by molar-refractivity contribution is -0.577. The smallest absolute Gasteiger partial charge is 0.343 e. The summed E-state index contributed by atoms with van der Waals surface area (Å²) >= 11 is 0. The van der Waals surface area contributed by atoms with E-state index in [4.69, 9.17) is 0 Å². The van der Waals surface area contributed by atoms with Crippen molar-refractivity contribution in [3.63, 3.8) is 0 Å². The van der Waals surface area contributed by atoms with Crippen LogP contribution in [-0.2, 0) is 4.79 Å².